The van der Waals surface area contributed by atoms with E-state index in [-0.39, 0.29) is 29.8 Å². The van der Waals surface area contributed by atoms with E-state index in [9.17, 15) is 9.59 Å². The Hall–Kier alpha value is -4.71. The van der Waals surface area contributed by atoms with Crippen LogP contribution in [0.5, 0.6) is 0 Å². The number of nitrogens with two attached hydrogens (primary N) is 1. The lowest BCUT2D eigenvalue weighted by Gasteiger charge is -2.22. The zero-order valence-electron chi connectivity index (χ0n) is 20.3. The number of pyridine rings is 1. The lowest BCUT2D eigenvalue weighted by molar-refractivity contribution is -0.126. The van der Waals surface area contributed by atoms with E-state index < -0.39 is 0 Å². The van der Waals surface area contributed by atoms with E-state index in [0.717, 1.165) is 36.2 Å². The number of carbonyl (C=O) groups is 2. The molecule has 3 aromatic heterocycles. The number of nitrogen functional groups attached to an aromatic ring is 1. The summed E-state index contributed by atoms with van der Waals surface area (Å²) in [5.74, 6) is 6.90. The monoisotopic (exact) mass is 491 g/mol. The molecule has 0 saturated carbocycles. The van der Waals surface area contributed by atoms with E-state index >= 15 is 0 Å². The predicted molar refractivity (Wildman–Crippen MR) is 139 cm³/mol. The smallest absolute Gasteiger partial charge is 0.298 e. The summed E-state index contributed by atoms with van der Waals surface area (Å²) < 4.78 is 2.00. The third-order valence-corrected chi connectivity index (χ3v) is 7.27. The first-order chi connectivity index (χ1) is 18.0. The van der Waals surface area contributed by atoms with E-state index in [4.69, 9.17) is 10.7 Å². The summed E-state index contributed by atoms with van der Waals surface area (Å²) in [6.07, 6.45) is 7.92. The third-order valence-electron chi connectivity index (χ3n) is 7.27. The van der Waals surface area contributed by atoms with Crippen molar-refractivity contribution in [1.29, 1.82) is 0 Å². The molecular weight excluding hydrogens is 466 g/mol. The first-order valence-corrected chi connectivity index (χ1v) is 12.3. The van der Waals surface area contributed by atoms with Crippen molar-refractivity contribution in [3.05, 3.63) is 72.4 Å². The number of benzene rings is 1. The van der Waals surface area contributed by atoms with Crippen molar-refractivity contribution in [3.8, 4) is 23.1 Å². The summed E-state index contributed by atoms with van der Waals surface area (Å²) in [7, 11) is 0. The molecule has 3 N–H and O–H groups in total. The molecule has 2 fully saturated rings. The number of aromatic nitrogens is 4. The summed E-state index contributed by atoms with van der Waals surface area (Å²) in [6.45, 7) is 1.69. The highest BCUT2D eigenvalue weighted by Gasteiger charge is 2.50. The summed E-state index contributed by atoms with van der Waals surface area (Å²) in [5, 5.41) is 2.79. The van der Waals surface area contributed by atoms with Crippen molar-refractivity contribution in [3.63, 3.8) is 0 Å². The Balaban J connectivity index is 1.34. The van der Waals surface area contributed by atoms with Crippen LogP contribution in [0.4, 0.5) is 11.6 Å². The fourth-order valence-electron chi connectivity index (χ4n) is 5.71. The Kier molecular flexibility index (Phi) is 5.57. The largest absolute Gasteiger partial charge is 0.382 e. The molecule has 9 heteroatoms. The van der Waals surface area contributed by atoms with Gasteiger partial charge in [-0.05, 0) is 56.4 Å². The van der Waals surface area contributed by atoms with Gasteiger partial charge in [-0.3, -0.25) is 14.0 Å². The molecule has 2 aliphatic rings. The molecule has 5 heterocycles. The molecule has 9 nitrogen and oxygen atoms in total. The Morgan fingerprint density at radius 2 is 1.92 bits per heavy atom. The van der Waals surface area contributed by atoms with Crippen LogP contribution in [0.25, 0.3) is 16.8 Å². The Morgan fingerprint density at radius 3 is 2.68 bits per heavy atom. The molecule has 37 heavy (non-hydrogen) atoms. The van der Waals surface area contributed by atoms with Crippen LogP contribution in [-0.4, -0.2) is 48.2 Å². The van der Waals surface area contributed by atoms with Crippen LogP contribution in [0.3, 0.4) is 0 Å². The lowest BCUT2D eigenvalue weighted by atomic mass is 9.88. The van der Waals surface area contributed by atoms with Gasteiger partial charge < -0.3 is 16.0 Å². The van der Waals surface area contributed by atoms with Crippen LogP contribution in [-0.2, 0) is 4.79 Å². The number of anilines is 2. The number of fused-ring (bicyclic) bond motifs is 3. The number of rotatable bonds is 4. The van der Waals surface area contributed by atoms with Gasteiger partial charge in [-0.2, -0.15) is 0 Å². The van der Waals surface area contributed by atoms with E-state index in [1.165, 1.54) is 0 Å². The summed E-state index contributed by atoms with van der Waals surface area (Å²) in [5.41, 5.74) is 9.08. The van der Waals surface area contributed by atoms with Gasteiger partial charge in [-0.25, -0.2) is 15.0 Å². The van der Waals surface area contributed by atoms with Crippen LogP contribution in [0, 0.1) is 11.8 Å². The van der Waals surface area contributed by atoms with Gasteiger partial charge in [0.2, 0.25) is 0 Å². The highest BCUT2D eigenvalue weighted by molar-refractivity contribution is 6.04. The van der Waals surface area contributed by atoms with Crippen LogP contribution in [0.2, 0.25) is 0 Å². The third kappa shape index (κ3) is 3.87. The maximum Gasteiger partial charge on any atom is 0.298 e. The van der Waals surface area contributed by atoms with Crippen molar-refractivity contribution in [1.82, 2.24) is 24.3 Å². The molecule has 0 spiro atoms. The van der Waals surface area contributed by atoms with E-state index in [2.05, 4.69) is 27.1 Å². The van der Waals surface area contributed by atoms with Crippen LogP contribution < -0.4 is 11.1 Å². The average molecular weight is 492 g/mol. The van der Waals surface area contributed by atoms with Crippen molar-refractivity contribution in [2.75, 3.05) is 11.1 Å². The zero-order chi connectivity index (χ0) is 25.5. The molecule has 1 aromatic carbocycles. The molecular formula is C28H25N7O2. The standard InChI is InChI=1S/C28H25N7O2/c1-2-5-23(36)35-19-11-12-21(35)20(16-19)27-33-24(25-26(29)31-14-15-34(25)27)17-7-9-18(10-8-17)28(37)32-22-6-3-4-13-30-22/h3-4,6-10,13-15,19-21H,11-12,16H2,1H3,(H2,29,31)(H,30,32,37)/t19-,20-,21+/m0/s1. The highest BCUT2D eigenvalue weighted by Crippen LogP contribution is 2.47. The number of hydrogen-bond donors (Lipinski definition) is 2. The molecule has 0 aliphatic carbocycles. The van der Waals surface area contributed by atoms with Crippen molar-refractivity contribution < 1.29 is 9.59 Å². The van der Waals surface area contributed by atoms with Gasteiger partial charge >= 0.3 is 0 Å². The minimum absolute atomic E-state index is 0.0591. The molecule has 2 saturated heterocycles. The predicted octanol–water partition coefficient (Wildman–Crippen LogP) is 3.50. The molecule has 2 bridgehead atoms. The first kappa shape index (κ1) is 22.7. The second kappa shape index (κ2) is 9.06. The van der Waals surface area contributed by atoms with Crippen LogP contribution in [0.1, 0.15) is 48.3 Å². The van der Waals surface area contributed by atoms with Crippen LogP contribution >= 0.6 is 0 Å². The summed E-state index contributed by atoms with van der Waals surface area (Å²) in [6, 6.07) is 12.8. The van der Waals surface area contributed by atoms with Crippen LogP contribution in [0.15, 0.2) is 61.1 Å². The van der Waals surface area contributed by atoms with Crippen molar-refractivity contribution in [2.24, 2.45) is 0 Å². The summed E-state index contributed by atoms with van der Waals surface area (Å²) in [4.78, 5) is 40.8. The van der Waals surface area contributed by atoms with Gasteiger partial charge in [-0.15, -0.1) is 0 Å². The SMILES string of the molecule is CC#CC(=O)N1[C@H]2CC[C@@H]1[C@@H](c1nc(-c3ccc(C(=O)Nc4ccccn4)cc3)c3c(N)nccn13)C2. The molecule has 4 aromatic rings. The van der Waals surface area contributed by atoms with Gasteiger partial charge in [0.25, 0.3) is 11.8 Å². The molecule has 2 aliphatic heterocycles. The first-order valence-electron chi connectivity index (χ1n) is 12.3. The van der Waals surface area contributed by atoms with Gasteiger partial charge in [-0.1, -0.05) is 24.1 Å². The van der Waals surface area contributed by atoms with Crippen molar-refractivity contribution in [2.45, 2.75) is 44.2 Å². The van der Waals surface area contributed by atoms with Gasteiger partial charge in [0.15, 0.2) is 0 Å². The Labute approximate surface area is 213 Å². The molecule has 0 unspecified atom stereocenters. The van der Waals surface area contributed by atoms with Gasteiger partial charge in [0.05, 0.1) is 0 Å². The Bertz CT molecular complexity index is 1570. The second-order valence-corrected chi connectivity index (χ2v) is 9.32. The van der Waals surface area contributed by atoms with Gasteiger partial charge in [0, 0.05) is 47.7 Å². The fraction of sp³-hybridized carbons (Fsp3) is 0.250. The quantitative estimate of drug-likeness (QED) is 0.422. The number of amides is 2. The maximum absolute atomic E-state index is 12.7. The molecule has 0 radical (unpaired) electrons. The lowest BCUT2D eigenvalue weighted by Crippen LogP contribution is -2.35. The topological polar surface area (TPSA) is 119 Å². The number of nitrogens with zero attached hydrogens (tertiary/aromatic N) is 5. The molecule has 184 valence electrons. The van der Waals surface area contributed by atoms with E-state index in [1.54, 1.807) is 43.6 Å². The molecule has 6 rings (SSSR count). The maximum atomic E-state index is 12.7. The number of carbonyl (C=O) groups excluding carboxylic acids is 2. The number of hydrogen-bond acceptors (Lipinski definition) is 6. The number of nitrogens with one attached hydrogen (secondary N) is 1. The Morgan fingerprint density at radius 1 is 1.08 bits per heavy atom. The normalized spacial score (nSPS) is 20.0. The average Bonchev–Trinajstić information content (AvgIpc) is 3.61. The minimum atomic E-state index is -0.247. The minimum Gasteiger partial charge on any atom is -0.382 e. The van der Waals surface area contributed by atoms with Crippen molar-refractivity contribution >= 4 is 29.0 Å². The summed E-state index contributed by atoms with van der Waals surface area (Å²) >= 11 is 0. The second-order valence-electron chi connectivity index (χ2n) is 9.32. The van der Waals surface area contributed by atoms with E-state index in [0.29, 0.717) is 22.9 Å². The highest BCUT2D eigenvalue weighted by atomic mass is 16.2. The zero-order valence-corrected chi connectivity index (χ0v) is 20.3. The molecule has 2 amide bonds. The molecule has 3 atom stereocenters. The number of imidazole rings is 1. The van der Waals surface area contributed by atoms with E-state index in [1.807, 2.05) is 33.7 Å². The fourth-order valence-corrected chi connectivity index (χ4v) is 5.71. The van der Waals surface area contributed by atoms with Gasteiger partial charge in [0.1, 0.15) is 28.7 Å².